The highest BCUT2D eigenvalue weighted by atomic mass is 79.9. The summed E-state index contributed by atoms with van der Waals surface area (Å²) in [6.45, 7) is -2.91. The van der Waals surface area contributed by atoms with Gasteiger partial charge in [0.25, 0.3) is 0 Å². The van der Waals surface area contributed by atoms with E-state index in [0.29, 0.717) is 5.33 Å². The molecule has 0 atom stereocenters. The molecule has 0 fully saturated rings. The predicted molar refractivity (Wildman–Crippen MR) is 50.4 cm³/mol. The fourth-order valence-corrected chi connectivity index (χ4v) is 1.28. The highest BCUT2D eigenvalue weighted by molar-refractivity contribution is 9.08. The molecule has 0 aliphatic heterocycles. The van der Waals surface area contributed by atoms with Gasteiger partial charge in [0.05, 0.1) is 5.56 Å². The van der Waals surface area contributed by atoms with Gasteiger partial charge in [-0.05, 0) is 17.7 Å². The summed E-state index contributed by atoms with van der Waals surface area (Å²) in [4.78, 5) is 0. The van der Waals surface area contributed by atoms with Gasteiger partial charge < -0.3 is 4.74 Å². The molecule has 0 spiro atoms. The fourth-order valence-electron chi connectivity index (χ4n) is 0.936. The molecule has 0 N–H and O–H groups in total. The van der Waals surface area contributed by atoms with Crippen LogP contribution in [0.25, 0.3) is 0 Å². The second kappa shape index (κ2) is 4.91. The zero-order chi connectivity index (χ0) is 10.6. The van der Waals surface area contributed by atoms with E-state index in [9.17, 15) is 8.78 Å². The van der Waals surface area contributed by atoms with E-state index in [1.165, 1.54) is 12.1 Å². The summed E-state index contributed by atoms with van der Waals surface area (Å²) in [5.74, 6) is -0.0838. The molecule has 1 rings (SSSR count). The molecule has 1 aromatic carbocycles. The molecule has 0 unspecified atom stereocenters. The van der Waals surface area contributed by atoms with Gasteiger partial charge in [0, 0.05) is 5.33 Å². The van der Waals surface area contributed by atoms with Crippen LogP contribution >= 0.6 is 15.9 Å². The summed E-state index contributed by atoms with van der Waals surface area (Å²) in [7, 11) is 0. The van der Waals surface area contributed by atoms with Gasteiger partial charge in [-0.1, -0.05) is 22.0 Å². The molecule has 0 aliphatic rings. The highest BCUT2D eigenvalue weighted by Crippen LogP contribution is 2.22. The Kier molecular flexibility index (Phi) is 3.84. The average molecular weight is 262 g/mol. The van der Waals surface area contributed by atoms with Crippen molar-refractivity contribution in [3.05, 3.63) is 29.3 Å². The molecule has 1 aromatic rings. The third-order valence-electron chi connectivity index (χ3n) is 1.54. The molecule has 2 nitrogen and oxygen atoms in total. The van der Waals surface area contributed by atoms with Crippen molar-refractivity contribution in [2.24, 2.45) is 0 Å². The van der Waals surface area contributed by atoms with Crippen molar-refractivity contribution in [1.82, 2.24) is 0 Å². The van der Waals surface area contributed by atoms with Crippen molar-refractivity contribution in [2.45, 2.75) is 11.9 Å². The topological polar surface area (TPSA) is 33.0 Å². The van der Waals surface area contributed by atoms with E-state index in [2.05, 4.69) is 20.7 Å². The van der Waals surface area contributed by atoms with Crippen LogP contribution in [0.15, 0.2) is 18.2 Å². The summed E-state index contributed by atoms with van der Waals surface area (Å²) in [6.07, 6.45) is 0. The molecule has 0 aromatic heterocycles. The molecule has 0 aliphatic carbocycles. The van der Waals surface area contributed by atoms with Gasteiger partial charge in [0.15, 0.2) is 0 Å². The summed E-state index contributed by atoms with van der Waals surface area (Å²) < 4.78 is 28.1. The second-order valence-electron chi connectivity index (χ2n) is 2.45. The molecular weight excluding hydrogens is 256 g/mol. The minimum atomic E-state index is -2.91. The number of nitrogens with zero attached hydrogens (tertiary/aromatic N) is 1. The van der Waals surface area contributed by atoms with Crippen LogP contribution in [0.3, 0.4) is 0 Å². The number of hydrogen-bond donors (Lipinski definition) is 0. The van der Waals surface area contributed by atoms with Crippen LogP contribution < -0.4 is 4.74 Å². The number of hydrogen-bond acceptors (Lipinski definition) is 2. The van der Waals surface area contributed by atoms with Crippen LogP contribution in [0.1, 0.15) is 11.1 Å². The van der Waals surface area contributed by atoms with Gasteiger partial charge in [0.1, 0.15) is 11.8 Å². The Bertz CT molecular complexity index is 362. The zero-order valence-corrected chi connectivity index (χ0v) is 8.59. The first kappa shape index (κ1) is 10.9. The fraction of sp³-hybridized carbons (Fsp3) is 0.222. The van der Waals surface area contributed by atoms with Gasteiger partial charge in [0.2, 0.25) is 0 Å². The number of rotatable bonds is 3. The minimum absolute atomic E-state index is 0.0838. The van der Waals surface area contributed by atoms with E-state index < -0.39 is 6.61 Å². The van der Waals surface area contributed by atoms with E-state index in [4.69, 9.17) is 5.26 Å². The van der Waals surface area contributed by atoms with Crippen molar-refractivity contribution < 1.29 is 13.5 Å². The normalized spacial score (nSPS) is 9.93. The van der Waals surface area contributed by atoms with Crippen molar-refractivity contribution >= 4 is 15.9 Å². The number of ether oxygens (including phenoxy) is 1. The molecule has 14 heavy (non-hydrogen) atoms. The minimum Gasteiger partial charge on any atom is -0.433 e. The van der Waals surface area contributed by atoms with Gasteiger partial charge in [-0.25, -0.2) is 0 Å². The van der Waals surface area contributed by atoms with Crippen LogP contribution in [0.2, 0.25) is 0 Å². The molecule has 5 heteroatoms. The Labute approximate surface area is 88.2 Å². The van der Waals surface area contributed by atoms with Crippen molar-refractivity contribution in [2.75, 3.05) is 0 Å². The second-order valence-corrected chi connectivity index (χ2v) is 3.02. The molecule has 0 bridgehead atoms. The van der Waals surface area contributed by atoms with Gasteiger partial charge in [-0.3, -0.25) is 0 Å². The van der Waals surface area contributed by atoms with Crippen molar-refractivity contribution in [3.63, 3.8) is 0 Å². The van der Waals surface area contributed by atoms with Gasteiger partial charge >= 0.3 is 6.61 Å². The third-order valence-corrected chi connectivity index (χ3v) is 2.18. The van der Waals surface area contributed by atoms with Crippen LogP contribution in [-0.4, -0.2) is 6.61 Å². The molecule has 0 saturated carbocycles. The molecule has 74 valence electrons. The Morgan fingerprint density at radius 3 is 2.71 bits per heavy atom. The van der Waals surface area contributed by atoms with Crippen molar-refractivity contribution in [1.29, 1.82) is 5.26 Å². The first-order valence-electron chi connectivity index (χ1n) is 3.71. The molecule has 0 amide bonds. The van der Waals surface area contributed by atoms with E-state index in [1.54, 1.807) is 12.1 Å². The number of halogens is 3. The standard InChI is InChI=1S/C9H6BrF2NO/c10-4-6-1-2-7(5-13)8(3-6)14-9(11)12/h1-3,9H,4H2. The summed E-state index contributed by atoms with van der Waals surface area (Å²) in [6, 6.07) is 6.32. The number of benzene rings is 1. The molecule has 0 heterocycles. The maximum absolute atomic E-state index is 11.9. The first-order chi connectivity index (χ1) is 6.67. The maximum Gasteiger partial charge on any atom is 0.387 e. The smallest absolute Gasteiger partial charge is 0.387 e. The molecule has 0 saturated heterocycles. The Morgan fingerprint density at radius 2 is 2.21 bits per heavy atom. The van der Waals surface area contributed by atoms with Crippen LogP contribution in [0.4, 0.5) is 8.78 Å². The zero-order valence-electron chi connectivity index (χ0n) is 7.01. The Balaban J connectivity index is 3.03. The quantitative estimate of drug-likeness (QED) is 0.784. The number of nitriles is 1. The van der Waals surface area contributed by atoms with Crippen LogP contribution in [-0.2, 0) is 5.33 Å². The van der Waals surface area contributed by atoms with Gasteiger partial charge in [-0.2, -0.15) is 14.0 Å². The lowest BCUT2D eigenvalue weighted by Crippen LogP contribution is -2.03. The Hall–Kier alpha value is -1.15. The molecular formula is C9H6BrF2NO. The SMILES string of the molecule is N#Cc1ccc(CBr)cc1OC(F)F. The lowest BCUT2D eigenvalue weighted by atomic mass is 10.1. The van der Waals surface area contributed by atoms with E-state index >= 15 is 0 Å². The highest BCUT2D eigenvalue weighted by Gasteiger charge is 2.09. The maximum atomic E-state index is 11.9. The third kappa shape index (κ3) is 2.67. The molecule has 0 radical (unpaired) electrons. The van der Waals surface area contributed by atoms with E-state index in [0.717, 1.165) is 5.56 Å². The largest absolute Gasteiger partial charge is 0.433 e. The number of alkyl halides is 3. The summed E-state index contributed by atoms with van der Waals surface area (Å²) in [5, 5.41) is 9.13. The predicted octanol–water partition coefficient (Wildman–Crippen LogP) is 3.05. The average Bonchev–Trinajstić information content (AvgIpc) is 2.16. The van der Waals surface area contributed by atoms with Crippen molar-refractivity contribution in [3.8, 4) is 11.8 Å². The lowest BCUT2D eigenvalue weighted by Gasteiger charge is -2.07. The van der Waals surface area contributed by atoms with Gasteiger partial charge in [-0.15, -0.1) is 0 Å². The van der Waals surface area contributed by atoms with E-state index in [1.807, 2.05) is 0 Å². The van der Waals surface area contributed by atoms with Crippen LogP contribution in [0, 0.1) is 11.3 Å². The summed E-state index contributed by atoms with van der Waals surface area (Å²) >= 11 is 3.18. The Morgan fingerprint density at radius 1 is 1.50 bits per heavy atom. The lowest BCUT2D eigenvalue weighted by molar-refractivity contribution is -0.0500. The summed E-state index contributed by atoms with van der Waals surface area (Å²) in [5.41, 5.74) is 0.884. The monoisotopic (exact) mass is 261 g/mol. The first-order valence-corrected chi connectivity index (χ1v) is 4.83. The van der Waals surface area contributed by atoms with Crippen LogP contribution in [0.5, 0.6) is 5.75 Å². The van der Waals surface area contributed by atoms with E-state index in [-0.39, 0.29) is 11.3 Å².